The van der Waals surface area contributed by atoms with E-state index in [-0.39, 0.29) is 5.78 Å². The van der Waals surface area contributed by atoms with Crippen LogP contribution < -0.4 is 0 Å². The second kappa shape index (κ2) is 8.64. The molecular formula is C27H22ClN3O. The highest BCUT2D eigenvalue weighted by Gasteiger charge is 2.18. The van der Waals surface area contributed by atoms with Gasteiger partial charge in [-0.1, -0.05) is 23.7 Å². The van der Waals surface area contributed by atoms with Crippen LogP contribution in [0.15, 0.2) is 72.0 Å². The second-order valence-electron chi connectivity index (χ2n) is 8.24. The first-order valence-corrected chi connectivity index (χ1v) is 11.1. The zero-order chi connectivity index (χ0) is 22.1. The van der Waals surface area contributed by atoms with Crippen LogP contribution in [-0.2, 0) is 13.0 Å². The lowest BCUT2D eigenvalue weighted by molar-refractivity contribution is 0.0984. The molecule has 0 unspecified atom stereocenters. The molecular weight excluding hydrogens is 418 g/mol. The second-order valence-corrected chi connectivity index (χ2v) is 8.68. The smallest absolute Gasteiger partial charge is 0.163 e. The zero-order valence-corrected chi connectivity index (χ0v) is 18.6. The van der Waals surface area contributed by atoms with E-state index in [0.717, 1.165) is 39.0 Å². The Hall–Kier alpha value is -3.37. The molecule has 5 rings (SSSR count). The summed E-state index contributed by atoms with van der Waals surface area (Å²) in [5.41, 5.74) is 8.04. The number of carbonyl (C=O) groups is 1. The number of benzene rings is 2. The normalized spacial score (nSPS) is 12.6. The van der Waals surface area contributed by atoms with Gasteiger partial charge in [0, 0.05) is 58.2 Å². The summed E-state index contributed by atoms with van der Waals surface area (Å²) in [6, 6.07) is 17.9. The largest absolute Gasteiger partial charge is 0.294 e. The number of hydrogen-bond acceptors (Lipinski definition) is 4. The van der Waals surface area contributed by atoms with Crippen molar-refractivity contribution >= 4 is 34.0 Å². The van der Waals surface area contributed by atoms with Crippen molar-refractivity contribution in [3.8, 4) is 0 Å². The molecule has 0 fully saturated rings. The lowest BCUT2D eigenvalue weighted by Gasteiger charge is -2.07. The Kier molecular flexibility index (Phi) is 5.54. The molecule has 1 aliphatic rings. The number of aryl methyl sites for hydroxylation is 1. The van der Waals surface area contributed by atoms with Crippen molar-refractivity contribution in [3.05, 3.63) is 106 Å². The SMILES string of the molecule is Cc1cnc2ccc(Cc3cc(C(=O)CCC4=NCc5ccc(Cl)cc54)ccn3)cc2c1. The maximum atomic E-state index is 12.9. The van der Waals surface area contributed by atoms with Crippen LogP contribution in [0.25, 0.3) is 10.9 Å². The molecule has 2 aromatic carbocycles. The molecule has 0 spiro atoms. The van der Waals surface area contributed by atoms with Crippen molar-refractivity contribution in [2.75, 3.05) is 0 Å². The topological polar surface area (TPSA) is 55.2 Å². The van der Waals surface area contributed by atoms with E-state index >= 15 is 0 Å². The number of carbonyl (C=O) groups excluding carboxylic acids is 1. The molecule has 158 valence electrons. The third kappa shape index (κ3) is 4.32. The zero-order valence-electron chi connectivity index (χ0n) is 17.8. The van der Waals surface area contributed by atoms with E-state index < -0.39 is 0 Å². The first kappa shape index (κ1) is 20.5. The molecule has 0 N–H and O–H groups in total. The van der Waals surface area contributed by atoms with E-state index in [1.807, 2.05) is 43.5 Å². The molecule has 0 saturated heterocycles. The molecule has 1 aliphatic heterocycles. The van der Waals surface area contributed by atoms with Crippen LogP contribution in [0.2, 0.25) is 5.02 Å². The molecule has 5 heteroatoms. The lowest BCUT2D eigenvalue weighted by atomic mass is 9.99. The van der Waals surface area contributed by atoms with Crippen LogP contribution in [0.4, 0.5) is 0 Å². The number of aromatic nitrogens is 2. The fourth-order valence-electron chi connectivity index (χ4n) is 4.17. The number of Topliss-reactive ketones (excluding diaryl/α,β-unsaturated/α-hetero) is 1. The minimum Gasteiger partial charge on any atom is -0.294 e. The fraction of sp³-hybridized carbons (Fsp3) is 0.185. The maximum Gasteiger partial charge on any atom is 0.163 e. The first-order chi connectivity index (χ1) is 15.5. The van der Waals surface area contributed by atoms with Crippen LogP contribution in [-0.4, -0.2) is 21.5 Å². The van der Waals surface area contributed by atoms with Crippen molar-refractivity contribution in [1.29, 1.82) is 0 Å². The third-order valence-electron chi connectivity index (χ3n) is 5.82. The molecule has 0 saturated carbocycles. The summed E-state index contributed by atoms with van der Waals surface area (Å²) in [6.45, 7) is 2.70. The number of pyridine rings is 2. The monoisotopic (exact) mass is 439 g/mol. The van der Waals surface area contributed by atoms with E-state index in [0.29, 0.717) is 36.4 Å². The van der Waals surface area contributed by atoms with Gasteiger partial charge in [-0.15, -0.1) is 0 Å². The fourth-order valence-corrected chi connectivity index (χ4v) is 4.34. The summed E-state index contributed by atoms with van der Waals surface area (Å²) in [5.74, 6) is 0.102. The van der Waals surface area contributed by atoms with Crippen molar-refractivity contribution < 1.29 is 4.79 Å². The Morgan fingerprint density at radius 2 is 1.94 bits per heavy atom. The van der Waals surface area contributed by atoms with Gasteiger partial charge in [-0.2, -0.15) is 0 Å². The number of nitrogens with zero attached hydrogens (tertiary/aromatic N) is 3. The quantitative estimate of drug-likeness (QED) is 0.338. The summed E-state index contributed by atoms with van der Waals surface area (Å²) < 4.78 is 0. The van der Waals surface area contributed by atoms with Gasteiger partial charge in [0.1, 0.15) is 0 Å². The van der Waals surface area contributed by atoms with Gasteiger partial charge in [-0.05, 0) is 72.5 Å². The van der Waals surface area contributed by atoms with Gasteiger partial charge in [0.15, 0.2) is 5.78 Å². The molecule has 4 nitrogen and oxygen atoms in total. The van der Waals surface area contributed by atoms with Crippen LogP contribution in [0.1, 0.15) is 51.1 Å². The van der Waals surface area contributed by atoms with E-state index in [2.05, 4.69) is 33.2 Å². The van der Waals surface area contributed by atoms with Crippen molar-refractivity contribution in [3.63, 3.8) is 0 Å². The van der Waals surface area contributed by atoms with Crippen molar-refractivity contribution in [2.45, 2.75) is 32.7 Å². The number of aliphatic imine (C=N–C) groups is 1. The highest BCUT2D eigenvalue weighted by atomic mass is 35.5. The number of rotatable bonds is 6. The summed E-state index contributed by atoms with van der Waals surface area (Å²) in [6.07, 6.45) is 5.29. The first-order valence-electron chi connectivity index (χ1n) is 10.7. The predicted octanol–water partition coefficient (Wildman–Crippen LogP) is 6.15. The number of fused-ring (bicyclic) bond motifs is 2. The average molecular weight is 440 g/mol. The van der Waals surface area contributed by atoms with Gasteiger partial charge in [-0.25, -0.2) is 0 Å². The molecule has 32 heavy (non-hydrogen) atoms. The molecule has 0 aliphatic carbocycles. The van der Waals surface area contributed by atoms with Gasteiger partial charge in [0.25, 0.3) is 0 Å². The van der Waals surface area contributed by atoms with Gasteiger partial charge in [0.2, 0.25) is 0 Å². The number of hydrogen-bond donors (Lipinski definition) is 0. The van der Waals surface area contributed by atoms with E-state index in [9.17, 15) is 4.79 Å². The Balaban J connectivity index is 1.28. The Labute approximate surface area is 192 Å². The third-order valence-corrected chi connectivity index (χ3v) is 6.05. The number of ketones is 1. The summed E-state index contributed by atoms with van der Waals surface area (Å²) in [4.78, 5) is 26.4. The van der Waals surface area contributed by atoms with Crippen LogP contribution >= 0.6 is 11.6 Å². The summed E-state index contributed by atoms with van der Waals surface area (Å²) >= 11 is 6.14. The average Bonchev–Trinajstić information content (AvgIpc) is 3.19. The van der Waals surface area contributed by atoms with Crippen LogP contribution in [0.5, 0.6) is 0 Å². The Bertz CT molecular complexity index is 1380. The van der Waals surface area contributed by atoms with E-state index in [1.54, 1.807) is 12.3 Å². The Morgan fingerprint density at radius 1 is 1.03 bits per heavy atom. The molecule has 0 amide bonds. The highest BCUT2D eigenvalue weighted by molar-refractivity contribution is 6.31. The lowest BCUT2D eigenvalue weighted by Crippen LogP contribution is -2.06. The molecule has 0 radical (unpaired) electrons. The van der Waals surface area contributed by atoms with Crippen molar-refractivity contribution in [2.24, 2.45) is 4.99 Å². The standard InChI is InChI=1S/C27H22ClN3O/c1-17-10-21-11-18(2-5-25(21)30-15-17)12-23-13-19(8-9-29-23)27(32)7-6-26-24-14-22(28)4-3-20(24)16-31-26/h2-5,8-11,13-15H,6-7,12,16H2,1H3. The summed E-state index contributed by atoms with van der Waals surface area (Å²) in [7, 11) is 0. The molecule has 2 aromatic heterocycles. The molecule has 0 atom stereocenters. The van der Waals surface area contributed by atoms with Gasteiger partial charge in [0.05, 0.1) is 12.1 Å². The van der Waals surface area contributed by atoms with Crippen LogP contribution in [0.3, 0.4) is 0 Å². The highest BCUT2D eigenvalue weighted by Crippen LogP contribution is 2.25. The summed E-state index contributed by atoms with van der Waals surface area (Å²) in [5, 5.41) is 1.82. The van der Waals surface area contributed by atoms with Gasteiger partial charge in [-0.3, -0.25) is 19.8 Å². The molecule has 3 heterocycles. The molecule has 0 bridgehead atoms. The maximum absolute atomic E-state index is 12.9. The van der Waals surface area contributed by atoms with Crippen LogP contribution in [0, 0.1) is 6.92 Å². The Morgan fingerprint density at radius 3 is 2.84 bits per heavy atom. The minimum absolute atomic E-state index is 0.102. The van der Waals surface area contributed by atoms with Gasteiger partial charge < -0.3 is 0 Å². The van der Waals surface area contributed by atoms with Crippen molar-refractivity contribution in [1.82, 2.24) is 9.97 Å². The number of halogens is 1. The van der Waals surface area contributed by atoms with E-state index in [4.69, 9.17) is 11.6 Å². The van der Waals surface area contributed by atoms with Gasteiger partial charge >= 0.3 is 0 Å². The molecule has 4 aromatic rings. The predicted molar refractivity (Wildman–Crippen MR) is 129 cm³/mol. The van der Waals surface area contributed by atoms with E-state index in [1.165, 1.54) is 5.56 Å². The minimum atomic E-state index is 0.102.